The molecule has 0 saturated carbocycles. The van der Waals surface area contributed by atoms with Crippen molar-refractivity contribution >= 4 is 23.2 Å². The predicted molar refractivity (Wildman–Crippen MR) is 90.1 cm³/mol. The van der Waals surface area contributed by atoms with Crippen LogP contribution in [0.1, 0.15) is 28.9 Å². The summed E-state index contributed by atoms with van der Waals surface area (Å²) in [7, 11) is 0. The van der Waals surface area contributed by atoms with E-state index in [9.17, 15) is 9.59 Å². The molecule has 1 saturated heterocycles. The van der Waals surface area contributed by atoms with Gasteiger partial charge in [-0.15, -0.1) is 11.3 Å². The van der Waals surface area contributed by atoms with Gasteiger partial charge < -0.3 is 10.6 Å². The average molecular weight is 329 g/mol. The molecule has 1 aliphatic rings. The van der Waals surface area contributed by atoms with Gasteiger partial charge in [0.05, 0.1) is 0 Å². The van der Waals surface area contributed by atoms with E-state index >= 15 is 0 Å². The van der Waals surface area contributed by atoms with Crippen LogP contribution in [0.3, 0.4) is 0 Å². The van der Waals surface area contributed by atoms with Crippen LogP contribution in [0.2, 0.25) is 0 Å². The van der Waals surface area contributed by atoms with Crippen molar-refractivity contribution in [3.63, 3.8) is 0 Å². The zero-order valence-electron chi connectivity index (χ0n) is 13.0. The standard InChI is InChI=1S/C17H19N3O2S/c1-11-4-2-3-5-13(11)16-19-14(10-23-16)17(22)20-8-6-12(7-9-20)15(18)21/h2-5,10,12H,6-9H2,1H3,(H2,18,21). The lowest BCUT2D eigenvalue weighted by Crippen LogP contribution is -2.41. The van der Waals surface area contributed by atoms with Gasteiger partial charge in [-0.2, -0.15) is 0 Å². The van der Waals surface area contributed by atoms with Gasteiger partial charge >= 0.3 is 0 Å². The number of aromatic nitrogens is 1. The van der Waals surface area contributed by atoms with Crippen molar-refractivity contribution in [2.45, 2.75) is 19.8 Å². The van der Waals surface area contributed by atoms with Gasteiger partial charge in [0, 0.05) is 30.0 Å². The molecule has 3 rings (SSSR count). The lowest BCUT2D eigenvalue weighted by atomic mass is 9.96. The number of likely N-dealkylation sites (tertiary alicyclic amines) is 1. The van der Waals surface area contributed by atoms with Crippen molar-refractivity contribution in [3.05, 3.63) is 40.9 Å². The monoisotopic (exact) mass is 329 g/mol. The van der Waals surface area contributed by atoms with Gasteiger partial charge in [-0.25, -0.2) is 4.98 Å². The Labute approximate surface area is 139 Å². The number of carbonyl (C=O) groups is 2. The number of hydrogen-bond acceptors (Lipinski definition) is 4. The van der Waals surface area contributed by atoms with Crippen LogP contribution in [0.25, 0.3) is 10.6 Å². The zero-order chi connectivity index (χ0) is 16.4. The van der Waals surface area contributed by atoms with E-state index < -0.39 is 0 Å². The second-order valence-electron chi connectivity index (χ2n) is 5.82. The molecule has 1 aromatic heterocycles. The minimum Gasteiger partial charge on any atom is -0.369 e. The number of aryl methyl sites for hydroxylation is 1. The lowest BCUT2D eigenvalue weighted by molar-refractivity contribution is -0.123. The molecular weight excluding hydrogens is 310 g/mol. The largest absolute Gasteiger partial charge is 0.369 e. The van der Waals surface area contributed by atoms with Crippen LogP contribution >= 0.6 is 11.3 Å². The van der Waals surface area contributed by atoms with Crippen molar-refractivity contribution in [3.8, 4) is 10.6 Å². The van der Waals surface area contributed by atoms with Gasteiger partial charge in [0.15, 0.2) is 0 Å². The fourth-order valence-corrected chi connectivity index (χ4v) is 3.72. The second kappa shape index (κ2) is 6.50. The molecule has 1 aliphatic heterocycles. The maximum Gasteiger partial charge on any atom is 0.273 e. The average Bonchev–Trinajstić information content (AvgIpc) is 3.04. The van der Waals surface area contributed by atoms with Crippen molar-refractivity contribution < 1.29 is 9.59 Å². The minimum atomic E-state index is -0.271. The molecular formula is C17H19N3O2S. The summed E-state index contributed by atoms with van der Waals surface area (Å²) >= 11 is 1.48. The van der Waals surface area contributed by atoms with Crippen molar-refractivity contribution in [2.24, 2.45) is 11.7 Å². The number of piperidine rings is 1. The number of hydrogen-bond donors (Lipinski definition) is 1. The van der Waals surface area contributed by atoms with Gasteiger partial charge in [-0.3, -0.25) is 9.59 Å². The van der Waals surface area contributed by atoms with Crippen LogP contribution in [0.15, 0.2) is 29.6 Å². The number of carbonyl (C=O) groups excluding carboxylic acids is 2. The molecule has 0 atom stereocenters. The summed E-state index contributed by atoms with van der Waals surface area (Å²) in [5, 5.41) is 2.67. The first-order chi connectivity index (χ1) is 11.1. The van der Waals surface area contributed by atoms with E-state index in [1.807, 2.05) is 36.6 Å². The highest BCUT2D eigenvalue weighted by molar-refractivity contribution is 7.13. The summed E-state index contributed by atoms with van der Waals surface area (Å²) < 4.78 is 0. The molecule has 2 heterocycles. The summed E-state index contributed by atoms with van der Waals surface area (Å²) in [6, 6.07) is 8.01. The highest BCUT2D eigenvalue weighted by Gasteiger charge is 2.27. The number of benzene rings is 1. The Hall–Kier alpha value is -2.21. The lowest BCUT2D eigenvalue weighted by Gasteiger charge is -2.30. The second-order valence-corrected chi connectivity index (χ2v) is 6.68. The third kappa shape index (κ3) is 3.27. The molecule has 2 amide bonds. The van der Waals surface area contributed by atoms with E-state index in [4.69, 9.17) is 5.73 Å². The first-order valence-corrected chi connectivity index (χ1v) is 8.54. The third-order valence-corrected chi connectivity index (χ3v) is 5.16. The Morgan fingerprint density at radius 3 is 2.61 bits per heavy atom. The number of nitrogens with zero attached hydrogens (tertiary/aromatic N) is 2. The fourth-order valence-electron chi connectivity index (χ4n) is 2.84. The Bertz CT molecular complexity index is 733. The van der Waals surface area contributed by atoms with Gasteiger partial charge in [-0.05, 0) is 25.3 Å². The van der Waals surface area contributed by atoms with E-state index in [0.29, 0.717) is 31.6 Å². The Morgan fingerprint density at radius 2 is 1.96 bits per heavy atom. The summed E-state index contributed by atoms with van der Waals surface area (Å²) in [6.45, 7) is 3.15. The number of rotatable bonds is 3. The maximum atomic E-state index is 12.6. The molecule has 6 heteroatoms. The molecule has 2 N–H and O–H groups in total. The molecule has 1 fully saturated rings. The summed E-state index contributed by atoms with van der Waals surface area (Å²) in [6.07, 6.45) is 1.27. The fraction of sp³-hybridized carbons (Fsp3) is 0.353. The van der Waals surface area contributed by atoms with Crippen molar-refractivity contribution in [1.82, 2.24) is 9.88 Å². The maximum absolute atomic E-state index is 12.6. The van der Waals surface area contributed by atoms with Crippen LogP contribution in [0.4, 0.5) is 0 Å². The number of primary amides is 1. The number of thiazole rings is 1. The third-order valence-electron chi connectivity index (χ3n) is 4.28. The van der Waals surface area contributed by atoms with Crippen LogP contribution in [-0.2, 0) is 4.79 Å². The first kappa shape index (κ1) is 15.7. The number of nitrogens with two attached hydrogens (primary N) is 1. The minimum absolute atomic E-state index is 0.0657. The Morgan fingerprint density at radius 1 is 1.26 bits per heavy atom. The molecule has 0 bridgehead atoms. The summed E-state index contributed by atoms with van der Waals surface area (Å²) in [5.74, 6) is -0.450. The van der Waals surface area contributed by atoms with E-state index in [2.05, 4.69) is 4.98 Å². The highest BCUT2D eigenvalue weighted by atomic mass is 32.1. The summed E-state index contributed by atoms with van der Waals surface area (Å²) in [4.78, 5) is 30.0. The SMILES string of the molecule is Cc1ccccc1-c1nc(C(=O)N2CCC(C(N)=O)CC2)cs1. The van der Waals surface area contributed by atoms with E-state index in [-0.39, 0.29) is 17.7 Å². The van der Waals surface area contributed by atoms with Crippen LogP contribution in [0.5, 0.6) is 0 Å². The van der Waals surface area contributed by atoms with E-state index in [0.717, 1.165) is 16.1 Å². The molecule has 23 heavy (non-hydrogen) atoms. The topological polar surface area (TPSA) is 76.3 Å². The first-order valence-electron chi connectivity index (χ1n) is 7.66. The number of amides is 2. The Kier molecular flexibility index (Phi) is 4.43. The van der Waals surface area contributed by atoms with Gasteiger partial charge in [0.2, 0.25) is 5.91 Å². The predicted octanol–water partition coefficient (Wildman–Crippen LogP) is 2.46. The molecule has 0 aliphatic carbocycles. The van der Waals surface area contributed by atoms with Crippen LogP contribution in [0, 0.1) is 12.8 Å². The summed E-state index contributed by atoms with van der Waals surface area (Å²) in [5.41, 5.74) is 8.01. The highest BCUT2D eigenvalue weighted by Crippen LogP contribution is 2.27. The molecule has 5 nitrogen and oxygen atoms in total. The smallest absolute Gasteiger partial charge is 0.273 e. The molecule has 0 spiro atoms. The van der Waals surface area contributed by atoms with E-state index in [1.54, 1.807) is 4.90 Å². The molecule has 0 radical (unpaired) electrons. The van der Waals surface area contributed by atoms with Gasteiger partial charge in [-0.1, -0.05) is 24.3 Å². The van der Waals surface area contributed by atoms with Crippen molar-refractivity contribution in [1.29, 1.82) is 0 Å². The quantitative estimate of drug-likeness (QED) is 0.940. The van der Waals surface area contributed by atoms with Crippen LogP contribution < -0.4 is 5.73 Å². The molecule has 1 aromatic carbocycles. The Balaban J connectivity index is 1.72. The molecule has 120 valence electrons. The zero-order valence-corrected chi connectivity index (χ0v) is 13.8. The molecule has 2 aromatic rings. The van der Waals surface area contributed by atoms with Crippen molar-refractivity contribution in [2.75, 3.05) is 13.1 Å². The van der Waals surface area contributed by atoms with E-state index in [1.165, 1.54) is 11.3 Å². The normalized spacial score (nSPS) is 15.6. The van der Waals surface area contributed by atoms with Gasteiger partial charge in [0.1, 0.15) is 10.7 Å². The van der Waals surface area contributed by atoms with Gasteiger partial charge in [0.25, 0.3) is 5.91 Å². The molecule has 0 unspecified atom stereocenters. The van der Waals surface area contributed by atoms with Crippen LogP contribution in [-0.4, -0.2) is 34.8 Å².